The van der Waals surface area contributed by atoms with Crippen molar-refractivity contribution in [1.29, 1.82) is 5.26 Å². The van der Waals surface area contributed by atoms with Gasteiger partial charge in [-0.1, -0.05) is 6.42 Å². The third kappa shape index (κ3) is 1.96. The van der Waals surface area contributed by atoms with Gasteiger partial charge in [0.25, 0.3) is 0 Å². The number of ether oxygens (including phenoxy) is 2. The molecule has 5 heteroatoms. The summed E-state index contributed by atoms with van der Waals surface area (Å²) < 4.78 is 10.3. The van der Waals surface area contributed by atoms with Crippen molar-refractivity contribution in [2.75, 3.05) is 6.61 Å². The number of hydrogen-bond acceptors (Lipinski definition) is 5. The van der Waals surface area contributed by atoms with Crippen LogP contribution in [0.4, 0.5) is 0 Å². The Labute approximate surface area is 106 Å². The first-order valence-corrected chi connectivity index (χ1v) is 6.44. The van der Waals surface area contributed by atoms with Crippen LogP contribution in [0.3, 0.4) is 0 Å². The third-order valence-electron chi connectivity index (χ3n) is 3.84. The van der Waals surface area contributed by atoms with E-state index < -0.39 is 29.4 Å². The zero-order valence-corrected chi connectivity index (χ0v) is 10.5. The topological polar surface area (TPSA) is 76.4 Å². The molecule has 1 aliphatic carbocycles. The highest BCUT2D eigenvalue weighted by Crippen LogP contribution is 2.46. The fourth-order valence-corrected chi connectivity index (χ4v) is 2.99. The quantitative estimate of drug-likeness (QED) is 0.550. The molecule has 1 saturated heterocycles. The van der Waals surface area contributed by atoms with Gasteiger partial charge in [0.1, 0.15) is 11.5 Å². The van der Waals surface area contributed by atoms with Gasteiger partial charge >= 0.3 is 11.9 Å². The molecule has 1 saturated carbocycles. The Hall–Kier alpha value is -1.57. The molecule has 0 unspecified atom stereocenters. The summed E-state index contributed by atoms with van der Waals surface area (Å²) in [5, 5.41) is 9.30. The molecule has 1 spiro atoms. The van der Waals surface area contributed by atoms with Gasteiger partial charge in [0.05, 0.1) is 12.7 Å². The van der Waals surface area contributed by atoms with Crippen LogP contribution in [-0.4, -0.2) is 24.1 Å². The van der Waals surface area contributed by atoms with Gasteiger partial charge in [0.2, 0.25) is 0 Å². The lowest BCUT2D eigenvalue weighted by Crippen LogP contribution is -2.39. The number of esters is 2. The molecule has 2 atom stereocenters. The van der Waals surface area contributed by atoms with E-state index in [1.165, 1.54) is 0 Å². The molecule has 0 N–H and O–H groups in total. The third-order valence-corrected chi connectivity index (χ3v) is 3.84. The molecule has 0 aromatic carbocycles. The summed E-state index contributed by atoms with van der Waals surface area (Å²) in [5.74, 6) is -2.99. The summed E-state index contributed by atoms with van der Waals surface area (Å²) in [7, 11) is 0. The van der Waals surface area contributed by atoms with Gasteiger partial charge in [0, 0.05) is 0 Å². The van der Waals surface area contributed by atoms with Crippen LogP contribution in [-0.2, 0) is 19.1 Å². The van der Waals surface area contributed by atoms with E-state index in [2.05, 4.69) is 6.07 Å². The van der Waals surface area contributed by atoms with Crippen molar-refractivity contribution in [1.82, 2.24) is 0 Å². The first-order valence-electron chi connectivity index (χ1n) is 6.44. The summed E-state index contributed by atoms with van der Waals surface area (Å²) >= 11 is 0. The van der Waals surface area contributed by atoms with Gasteiger partial charge in [-0.2, -0.15) is 5.26 Å². The van der Waals surface area contributed by atoms with Crippen molar-refractivity contribution < 1.29 is 19.1 Å². The van der Waals surface area contributed by atoms with Crippen LogP contribution in [0.5, 0.6) is 0 Å². The van der Waals surface area contributed by atoms with E-state index in [0.717, 1.165) is 19.3 Å². The zero-order chi connectivity index (χ0) is 13.2. The van der Waals surface area contributed by atoms with Crippen LogP contribution in [0, 0.1) is 23.2 Å². The zero-order valence-electron chi connectivity index (χ0n) is 10.5. The Bertz CT molecular complexity index is 392. The molecule has 2 rings (SSSR count). The average molecular weight is 251 g/mol. The lowest BCUT2D eigenvalue weighted by molar-refractivity contribution is -0.159. The molecule has 0 aromatic rings. The Morgan fingerprint density at radius 1 is 1.50 bits per heavy atom. The van der Waals surface area contributed by atoms with Crippen LogP contribution in [0.15, 0.2) is 0 Å². The van der Waals surface area contributed by atoms with Crippen molar-refractivity contribution in [3.63, 3.8) is 0 Å². The molecule has 0 aromatic heterocycles. The Balaban J connectivity index is 2.24. The molecule has 18 heavy (non-hydrogen) atoms. The van der Waals surface area contributed by atoms with E-state index in [-0.39, 0.29) is 6.61 Å². The van der Waals surface area contributed by atoms with Gasteiger partial charge in [-0.05, 0) is 32.6 Å². The molecular formula is C13H17NO4. The van der Waals surface area contributed by atoms with Crippen molar-refractivity contribution in [2.45, 2.75) is 44.6 Å². The van der Waals surface area contributed by atoms with E-state index in [9.17, 15) is 14.9 Å². The summed E-state index contributed by atoms with van der Waals surface area (Å²) in [5.41, 5.74) is -0.749. The minimum Gasteiger partial charge on any atom is -0.465 e. The van der Waals surface area contributed by atoms with Crippen LogP contribution in [0.25, 0.3) is 0 Å². The van der Waals surface area contributed by atoms with E-state index in [0.29, 0.717) is 12.8 Å². The first-order chi connectivity index (χ1) is 8.64. The van der Waals surface area contributed by atoms with E-state index in [4.69, 9.17) is 9.47 Å². The second-order valence-corrected chi connectivity index (χ2v) is 4.88. The molecule has 0 bridgehead atoms. The Kier molecular flexibility index (Phi) is 3.55. The predicted octanol–water partition coefficient (Wildman–Crippen LogP) is 1.57. The lowest BCUT2D eigenvalue weighted by atomic mass is 9.73. The maximum absolute atomic E-state index is 11.9. The van der Waals surface area contributed by atoms with E-state index in [1.807, 2.05) is 0 Å². The highest BCUT2D eigenvalue weighted by atomic mass is 16.6. The Morgan fingerprint density at radius 3 is 2.72 bits per heavy atom. The molecule has 2 aliphatic rings. The van der Waals surface area contributed by atoms with Crippen LogP contribution in [0.2, 0.25) is 0 Å². The van der Waals surface area contributed by atoms with Gasteiger partial charge in [-0.25, -0.2) is 0 Å². The van der Waals surface area contributed by atoms with Gasteiger partial charge < -0.3 is 9.47 Å². The van der Waals surface area contributed by atoms with Gasteiger partial charge in [-0.15, -0.1) is 0 Å². The number of nitriles is 1. The summed E-state index contributed by atoms with van der Waals surface area (Å²) in [6.45, 7) is 1.88. The fraction of sp³-hybridized carbons (Fsp3) is 0.769. The number of carbonyl (C=O) groups excluding carboxylic acids is 2. The maximum atomic E-state index is 11.9. The molecular weight excluding hydrogens is 234 g/mol. The maximum Gasteiger partial charge on any atom is 0.322 e. The first kappa shape index (κ1) is 12.9. The lowest BCUT2D eigenvalue weighted by Gasteiger charge is -2.34. The molecule has 1 aliphatic heterocycles. The number of nitrogens with zero attached hydrogens (tertiary/aromatic N) is 1. The normalized spacial score (nSPS) is 29.7. The van der Waals surface area contributed by atoms with Crippen molar-refractivity contribution >= 4 is 11.9 Å². The van der Waals surface area contributed by atoms with Crippen LogP contribution < -0.4 is 0 Å². The second-order valence-electron chi connectivity index (χ2n) is 4.88. The summed E-state index contributed by atoms with van der Waals surface area (Å²) in [6, 6.07) is 2.10. The number of carbonyl (C=O) groups is 2. The Morgan fingerprint density at radius 2 is 2.17 bits per heavy atom. The van der Waals surface area contributed by atoms with Gasteiger partial charge in [0.15, 0.2) is 5.92 Å². The van der Waals surface area contributed by atoms with Crippen LogP contribution >= 0.6 is 0 Å². The van der Waals surface area contributed by atoms with Crippen molar-refractivity contribution in [3.05, 3.63) is 0 Å². The summed E-state index contributed by atoms with van der Waals surface area (Å²) in [4.78, 5) is 23.6. The fourth-order valence-electron chi connectivity index (χ4n) is 2.99. The minimum absolute atomic E-state index is 0.202. The standard InChI is InChI=1S/C13H17NO4/c1-2-17-11(15)10-9(8-14)13(18-12(10)16)6-4-3-5-7-13/h9-10H,2-7H2,1H3/t9-,10-/m1/s1. The van der Waals surface area contributed by atoms with Crippen molar-refractivity contribution in [3.8, 4) is 6.07 Å². The average Bonchev–Trinajstić information content (AvgIpc) is 2.62. The predicted molar refractivity (Wildman–Crippen MR) is 61.1 cm³/mol. The van der Waals surface area contributed by atoms with E-state index >= 15 is 0 Å². The largest absolute Gasteiger partial charge is 0.465 e. The number of rotatable bonds is 2. The highest BCUT2D eigenvalue weighted by Gasteiger charge is 2.59. The van der Waals surface area contributed by atoms with E-state index in [1.54, 1.807) is 6.92 Å². The minimum atomic E-state index is -1.06. The molecule has 1 heterocycles. The van der Waals surface area contributed by atoms with Crippen LogP contribution in [0.1, 0.15) is 39.0 Å². The van der Waals surface area contributed by atoms with Gasteiger partial charge in [-0.3, -0.25) is 9.59 Å². The highest BCUT2D eigenvalue weighted by molar-refractivity contribution is 5.97. The SMILES string of the molecule is CCOC(=O)[C@@H]1C(=O)OC2(CCCCC2)[C@@H]1C#N. The monoisotopic (exact) mass is 251 g/mol. The molecule has 0 radical (unpaired) electrons. The second kappa shape index (κ2) is 4.97. The molecule has 0 amide bonds. The van der Waals surface area contributed by atoms with Crippen molar-refractivity contribution in [2.24, 2.45) is 11.8 Å². The molecule has 2 fully saturated rings. The summed E-state index contributed by atoms with van der Waals surface area (Å²) in [6.07, 6.45) is 4.29. The smallest absolute Gasteiger partial charge is 0.322 e. The molecule has 5 nitrogen and oxygen atoms in total. The number of hydrogen-bond donors (Lipinski definition) is 0. The molecule has 98 valence electrons.